The van der Waals surface area contributed by atoms with Crippen LogP contribution in [0.15, 0.2) is 23.3 Å². The summed E-state index contributed by atoms with van der Waals surface area (Å²) in [7, 11) is 0. The number of benzene rings is 1. The number of amides is 1. The van der Waals surface area contributed by atoms with Crippen LogP contribution in [0.25, 0.3) is 0 Å². The molecule has 0 radical (unpaired) electrons. The Labute approximate surface area is 146 Å². The lowest BCUT2D eigenvalue weighted by Crippen LogP contribution is -2.22. The second kappa shape index (κ2) is 8.31. The molecule has 0 saturated carbocycles. The molecule has 5 nitrogen and oxygen atoms in total. The van der Waals surface area contributed by atoms with Gasteiger partial charge in [0, 0.05) is 0 Å². The van der Waals surface area contributed by atoms with Gasteiger partial charge in [-0.15, -0.1) is 0 Å². The number of carbonyl (C=O) groups is 1. The predicted molar refractivity (Wildman–Crippen MR) is 97.4 cm³/mol. The third-order valence-corrected chi connectivity index (χ3v) is 4.23. The van der Waals surface area contributed by atoms with Gasteiger partial charge in [0.05, 0.1) is 25.2 Å². The summed E-state index contributed by atoms with van der Waals surface area (Å²) in [6.45, 7) is 7.28. The molecule has 1 aliphatic rings. The van der Waals surface area contributed by atoms with E-state index < -0.39 is 0 Å². The Balaban J connectivity index is 2.14. The van der Waals surface area contributed by atoms with Crippen LogP contribution in [0.1, 0.15) is 26.3 Å². The third kappa shape index (κ3) is 4.94. The van der Waals surface area contributed by atoms with Crippen LogP contribution in [0.2, 0.25) is 0 Å². The summed E-state index contributed by atoms with van der Waals surface area (Å²) in [4.78, 5) is 11.6. The molecule has 1 heterocycles. The molecule has 1 amide bonds. The molecule has 7 heteroatoms. The molecule has 1 aromatic carbocycles. The molecule has 1 saturated heterocycles. The van der Waals surface area contributed by atoms with Gasteiger partial charge in [-0.2, -0.15) is 10.1 Å². The Hall–Kier alpha value is -1.60. The predicted octanol–water partition coefficient (Wildman–Crippen LogP) is 3.31. The highest BCUT2D eigenvalue weighted by molar-refractivity contribution is 8.23. The summed E-state index contributed by atoms with van der Waals surface area (Å²) in [5, 5.41) is 5.41. The SMILES string of the molecule is CCOc1cc(/C=N\N2C(=O)CSC2=S)ccc1OCC(C)C. The average Bonchev–Trinajstić information content (AvgIpc) is 2.83. The van der Waals surface area contributed by atoms with Crippen LogP contribution < -0.4 is 9.47 Å². The maximum Gasteiger partial charge on any atom is 0.259 e. The largest absolute Gasteiger partial charge is 0.490 e. The van der Waals surface area contributed by atoms with Crippen LogP contribution in [0, 0.1) is 5.92 Å². The topological polar surface area (TPSA) is 51.1 Å². The first-order valence-electron chi connectivity index (χ1n) is 7.44. The zero-order chi connectivity index (χ0) is 16.8. The van der Waals surface area contributed by atoms with E-state index in [1.165, 1.54) is 16.8 Å². The second-order valence-corrected chi connectivity index (χ2v) is 6.96. The second-order valence-electron chi connectivity index (χ2n) is 5.35. The standard InChI is InChI=1S/C16H20N2O3S2/c1-4-20-14-7-12(5-6-13(14)21-9-11(2)3)8-17-18-15(19)10-23-16(18)22/h5-8,11H,4,9-10H2,1-3H3/b17-8-. The summed E-state index contributed by atoms with van der Waals surface area (Å²) in [5.41, 5.74) is 0.817. The van der Waals surface area contributed by atoms with E-state index in [-0.39, 0.29) is 5.91 Å². The van der Waals surface area contributed by atoms with Gasteiger partial charge in [0.1, 0.15) is 0 Å². The van der Waals surface area contributed by atoms with Gasteiger partial charge >= 0.3 is 0 Å². The van der Waals surface area contributed by atoms with E-state index in [9.17, 15) is 4.79 Å². The summed E-state index contributed by atoms with van der Waals surface area (Å²) >= 11 is 6.41. The van der Waals surface area contributed by atoms with Crippen molar-refractivity contribution in [2.45, 2.75) is 20.8 Å². The van der Waals surface area contributed by atoms with Gasteiger partial charge in [0.15, 0.2) is 15.8 Å². The Morgan fingerprint density at radius 2 is 2.17 bits per heavy atom. The van der Waals surface area contributed by atoms with E-state index in [0.717, 1.165) is 5.56 Å². The first-order valence-corrected chi connectivity index (χ1v) is 8.84. The molecular weight excluding hydrogens is 332 g/mol. The Bertz CT molecular complexity index is 601. The molecule has 124 valence electrons. The smallest absolute Gasteiger partial charge is 0.259 e. The summed E-state index contributed by atoms with van der Waals surface area (Å²) in [6, 6.07) is 5.57. The van der Waals surface area contributed by atoms with Gasteiger partial charge in [-0.3, -0.25) is 4.79 Å². The normalized spacial score (nSPS) is 15.0. The highest BCUT2D eigenvalue weighted by Gasteiger charge is 2.25. The van der Waals surface area contributed by atoms with Gasteiger partial charge < -0.3 is 9.47 Å². The third-order valence-electron chi connectivity index (χ3n) is 2.89. The molecule has 23 heavy (non-hydrogen) atoms. The van der Waals surface area contributed by atoms with Crippen LogP contribution in [0.4, 0.5) is 0 Å². The number of rotatable bonds is 7. The Morgan fingerprint density at radius 3 is 2.78 bits per heavy atom. The number of hydrazone groups is 1. The lowest BCUT2D eigenvalue weighted by molar-refractivity contribution is -0.123. The zero-order valence-corrected chi connectivity index (χ0v) is 15.1. The Kier molecular flexibility index (Phi) is 6.41. The van der Waals surface area contributed by atoms with Gasteiger partial charge in [-0.05, 0) is 36.6 Å². The molecule has 1 fully saturated rings. The first kappa shape index (κ1) is 17.7. The number of hydrogen-bond donors (Lipinski definition) is 0. The van der Waals surface area contributed by atoms with Crippen molar-refractivity contribution in [3.8, 4) is 11.5 Å². The fraction of sp³-hybridized carbons (Fsp3) is 0.438. The van der Waals surface area contributed by atoms with E-state index in [0.29, 0.717) is 40.7 Å². The molecule has 0 atom stereocenters. The van der Waals surface area contributed by atoms with Crippen molar-refractivity contribution in [2.24, 2.45) is 11.0 Å². The van der Waals surface area contributed by atoms with Crippen molar-refractivity contribution in [3.05, 3.63) is 23.8 Å². The summed E-state index contributed by atoms with van der Waals surface area (Å²) in [6.07, 6.45) is 1.60. The highest BCUT2D eigenvalue weighted by Crippen LogP contribution is 2.28. The quantitative estimate of drug-likeness (QED) is 0.557. The van der Waals surface area contributed by atoms with Gasteiger partial charge in [0.25, 0.3) is 5.91 Å². The molecule has 0 unspecified atom stereocenters. The monoisotopic (exact) mass is 352 g/mol. The maximum absolute atomic E-state index is 11.6. The lowest BCUT2D eigenvalue weighted by Gasteiger charge is -2.14. The van der Waals surface area contributed by atoms with E-state index in [1.807, 2.05) is 25.1 Å². The number of hydrogen-bond acceptors (Lipinski definition) is 6. The van der Waals surface area contributed by atoms with Crippen LogP contribution in [-0.4, -0.2) is 40.4 Å². The van der Waals surface area contributed by atoms with Crippen molar-refractivity contribution < 1.29 is 14.3 Å². The van der Waals surface area contributed by atoms with Crippen LogP contribution in [-0.2, 0) is 4.79 Å². The molecular formula is C16H20N2O3S2. The number of thioether (sulfide) groups is 1. The minimum atomic E-state index is -0.0989. The minimum absolute atomic E-state index is 0.0989. The van der Waals surface area contributed by atoms with Crippen molar-refractivity contribution in [1.29, 1.82) is 0 Å². The van der Waals surface area contributed by atoms with Crippen LogP contribution >= 0.6 is 24.0 Å². The number of thiocarbonyl (C=S) groups is 1. The molecule has 2 rings (SSSR count). The van der Waals surface area contributed by atoms with Crippen molar-refractivity contribution in [1.82, 2.24) is 5.01 Å². The van der Waals surface area contributed by atoms with Crippen LogP contribution in [0.3, 0.4) is 0 Å². The maximum atomic E-state index is 11.6. The molecule has 0 aliphatic carbocycles. The van der Waals surface area contributed by atoms with E-state index in [4.69, 9.17) is 21.7 Å². The van der Waals surface area contributed by atoms with Crippen molar-refractivity contribution in [3.63, 3.8) is 0 Å². The lowest BCUT2D eigenvalue weighted by atomic mass is 10.2. The number of nitrogens with zero attached hydrogens (tertiary/aromatic N) is 2. The molecule has 0 bridgehead atoms. The van der Waals surface area contributed by atoms with Crippen LogP contribution in [0.5, 0.6) is 11.5 Å². The fourth-order valence-corrected chi connectivity index (χ4v) is 2.80. The zero-order valence-electron chi connectivity index (χ0n) is 13.4. The number of ether oxygens (including phenoxy) is 2. The van der Waals surface area contributed by atoms with Crippen molar-refractivity contribution >= 4 is 40.4 Å². The summed E-state index contributed by atoms with van der Waals surface area (Å²) in [5.74, 6) is 2.06. The first-order chi connectivity index (χ1) is 11.0. The fourth-order valence-electron chi connectivity index (χ4n) is 1.83. The Morgan fingerprint density at radius 1 is 1.39 bits per heavy atom. The molecule has 0 aromatic heterocycles. The van der Waals surface area contributed by atoms with E-state index in [2.05, 4.69) is 18.9 Å². The molecule has 0 spiro atoms. The molecule has 1 aromatic rings. The van der Waals surface area contributed by atoms with Gasteiger partial charge in [-0.1, -0.05) is 37.8 Å². The summed E-state index contributed by atoms with van der Waals surface area (Å²) < 4.78 is 11.9. The molecule has 0 N–H and O–H groups in total. The van der Waals surface area contributed by atoms with E-state index >= 15 is 0 Å². The van der Waals surface area contributed by atoms with E-state index in [1.54, 1.807) is 6.21 Å². The van der Waals surface area contributed by atoms with Crippen molar-refractivity contribution in [2.75, 3.05) is 19.0 Å². The average molecular weight is 352 g/mol. The number of carbonyl (C=O) groups excluding carboxylic acids is 1. The van der Waals surface area contributed by atoms with Gasteiger partial charge in [0.2, 0.25) is 0 Å². The molecule has 1 aliphatic heterocycles. The van der Waals surface area contributed by atoms with Gasteiger partial charge in [-0.25, -0.2) is 0 Å². The highest BCUT2D eigenvalue weighted by atomic mass is 32.2. The minimum Gasteiger partial charge on any atom is -0.490 e.